The monoisotopic (exact) mass is 471 g/mol. The van der Waals surface area contributed by atoms with Crippen molar-refractivity contribution in [2.45, 2.75) is 12.5 Å². The summed E-state index contributed by atoms with van der Waals surface area (Å²) in [5.74, 6) is -0.0612. The molecule has 0 spiro atoms. The van der Waals surface area contributed by atoms with Gasteiger partial charge in [0, 0.05) is 25.8 Å². The fourth-order valence-electron chi connectivity index (χ4n) is 4.00. The van der Waals surface area contributed by atoms with E-state index in [4.69, 9.17) is 23.7 Å². The van der Waals surface area contributed by atoms with Gasteiger partial charge < -0.3 is 33.7 Å². The normalized spacial score (nSPS) is 17.1. The molecule has 34 heavy (non-hydrogen) atoms. The van der Waals surface area contributed by atoms with Gasteiger partial charge in [-0.15, -0.1) is 0 Å². The Morgan fingerprint density at radius 2 is 1.53 bits per heavy atom. The van der Waals surface area contributed by atoms with Gasteiger partial charge >= 0.3 is 0 Å². The van der Waals surface area contributed by atoms with Gasteiger partial charge in [0.1, 0.15) is 11.5 Å². The van der Waals surface area contributed by atoms with Gasteiger partial charge in [0.05, 0.1) is 40.1 Å². The summed E-state index contributed by atoms with van der Waals surface area (Å²) in [6, 6.07) is 9.05. The highest BCUT2D eigenvalue weighted by Crippen LogP contribution is 2.45. The van der Waals surface area contributed by atoms with E-state index in [0.717, 1.165) is 0 Å². The number of amides is 1. The Balaban J connectivity index is 2.21. The third-order valence-corrected chi connectivity index (χ3v) is 5.65. The highest BCUT2D eigenvalue weighted by Gasteiger charge is 2.46. The van der Waals surface area contributed by atoms with E-state index in [2.05, 4.69) is 0 Å². The van der Waals surface area contributed by atoms with E-state index in [0.29, 0.717) is 47.2 Å². The molecular formula is C25H29NO8. The van der Waals surface area contributed by atoms with E-state index >= 15 is 0 Å². The lowest BCUT2D eigenvalue weighted by Crippen LogP contribution is -2.31. The molecule has 1 aliphatic rings. The van der Waals surface area contributed by atoms with Crippen LogP contribution >= 0.6 is 0 Å². The molecule has 0 radical (unpaired) electrons. The molecule has 1 N–H and O–H groups in total. The first kappa shape index (κ1) is 24.9. The summed E-state index contributed by atoms with van der Waals surface area (Å²) in [6.07, 6.45) is 0.507. The molecule has 1 amide bonds. The van der Waals surface area contributed by atoms with Crippen LogP contribution in [0.4, 0.5) is 0 Å². The molecule has 3 rings (SSSR count). The maximum atomic E-state index is 13.1. The van der Waals surface area contributed by atoms with Crippen LogP contribution in [-0.4, -0.2) is 70.4 Å². The van der Waals surface area contributed by atoms with Crippen LogP contribution in [0.2, 0.25) is 0 Å². The number of likely N-dealkylation sites (tertiary alicyclic amines) is 1. The van der Waals surface area contributed by atoms with Crippen LogP contribution in [0.1, 0.15) is 23.6 Å². The molecule has 1 unspecified atom stereocenters. The van der Waals surface area contributed by atoms with Crippen LogP contribution in [0, 0.1) is 0 Å². The molecule has 9 nitrogen and oxygen atoms in total. The lowest BCUT2D eigenvalue weighted by Gasteiger charge is -2.26. The molecule has 1 aliphatic heterocycles. The van der Waals surface area contributed by atoms with Crippen molar-refractivity contribution in [2.75, 3.05) is 48.7 Å². The van der Waals surface area contributed by atoms with E-state index in [1.54, 1.807) is 43.5 Å². The van der Waals surface area contributed by atoms with E-state index in [1.165, 1.54) is 33.3 Å². The van der Waals surface area contributed by atoms with Gasteiger partial charge in [0.2, 0.25) is 5.75 Å². The number of carbonyl (C=O) groups is 2. The van der Waals surface area contributed by atoms with E-state index in [-0.39, 0.29) is 17.9 Å². The molecule has 0 aromatic heterocycles. The number of ether oxygens (including phenoxy) is 5. The van der Waals surface area contributed by atoms with Gasteiger partial charge in [-0.25, -0.2) is 0 Å². The highest BCUT2D eigenvalue weighted by molar-refractivity contribution is 6.46. The minimum atomic E-state index is -0.868. The second-order valence-corrected chi connectivity index (χ2v) is 7.53. The van der Waals surface area contributed by atoms with Gasteiger partial charge in [-0.05, 0) is 48.4 Å². The zero-order chi connectivity index (χ0) is 24.8. The molecule has 1 fully saturated rings. The molecule has 2 aromatic carbocycles. The fourth-order valence-corrected chi connectivity index (χ4v) is 4.00. The maximum Gasteiger partial charge on any atom is 0.295 e. The molecule has 1 atom stereocenters. The standard InChI is InChI=1S/C25H29NO8/c1-30-12-6-11-26-21(16-13-18(32-3)24(34-5)19(14-16)33-4)20(23(28)25(26)29)22(27)15-7-9-17(31-2)10-8-15/h7-10,13-14,21,27H,6,11-12H2,1-5H3. The van der Waals surface area contributed by atoms with Crippen LogP contribution in [0.25, 0.3) is 5.76 Å². The molecule has 9 heteroatoms. The number of methoxy groups -OCH3 is 5. The van der Waals surface area contributed by atoms with Crippen molar-refractivity contribution < 1.29 is 38.4 Å². The average Bonchev–Trinajstić information content (AvgIpc) is 3.12. The molecule has 1 saturated heterocycles. The van der Waals surface area contributed by atoms with Gasteiger partial charge in [-0.3, -0.25) is 9.59 Å². The lowest BCUT2D eigenvalue weighted by molar-refractivity contribution is -0.140. The second-order valence-electron chi connectivity index (χ2n) is 7.53. The zero-order valence-electron chi connectivity index (χ0n) is 19.9. The molecule has 182 valence electrons. The molecule has 0 saturated carbocycles. The van der Waals surface area contributed by atoms with Gasteiger partial charge in [-0.1, -0.05) is 0 Å². The summed E-state index contributed by atoms with van der Waals surface area (Å²) in [5.41, 5.74) is 0.885. The summed E-state index contributed by atoms with van der Waals surface area (Å²) in [5, 5.41) is 11.2. The number of benzene rings is 2. The highest BCUT2D eigenvalue weighted by atomic mass is 16.5. The Morgan fingerprint density at radius 3 is 2.03 bits per heavy atom. The Hall–Kier alpha value is -3.72. The summed E-state index contributed by atoms with van der Waals surface area (Å²) >= 11 is 0. The van der Waals surface area contributed by atoms with Gasteiger partial charge in [-0.2, -0.15) is 0 Å². The van der Waals surface area contributed by atoms with Crippen molar-refractivity contribution in [3.05, 3.63) is 53.1 Å². The Morgan fingerprint density at radius 1 is 0.912 bits per heavy atom. The SMILES string of the molecule is COCCCN1C(=O)C(=O)C(=C(O)c2ccc(OC)cc2)C1c1cc(OC)c(OC)c(OC)c1. The number of Topliss-reactive ketones (excluding diaryl/α,β-unsaturated/α-hetero) is 1. The molecular weight excluding hydrogens is 442 g/mol. The summed E-state index contributed by atoms with van der Waals surface area (Å²) in [4.78, 5) is 27.6. The Kier molecular flexibility index (Phi) is 8.01. The minimum absolute atomic E-state index is 0.0261. The fraction of sp³-hybridized carbons (Fsp3) is 0.360. The molecule has 2 aromatic rings. The quantitative estimate of drug-likeness (QED) is 0.244. The van der Waals surface area contributed by atoms with Crippen molar-refractivity contribution in [3.63, 3.8) is 0 Å². The van der Waals surface area contributed by atoms with Crippen molar-refractivity contribution >= 4 is 17.4 Å². The summed E-state index contributed by atoms with van der Waals surface area (Å²) in [7, 11) is 7.54. The first-order valence-corrected chi connectivity index (χ1v) is 10.6. The Bertz CT molecular complexity index is 1050. The van der Waals surface area contributed by atoms with Crippen molar-refractivity contribution in [1.82, 2.24) is 4.90 Å². The lowest BCUT2D eigenvalue weighted by atomic mass is 9.94. The van der Waals surface area contributed by atoms with Crippen molar-refractivity contribution in [2.24, 2.45) is 0 Å². The van der Waals surface area contributed by atoms with E-state index in [9.17, 15) is 14.7 Å². The number of nitrogens with zero attached hydrogens (tertiary/aromatic N) is 1. The first-order valence-electron chi connectivity index (χ1n) is 10.6. The van der Waals surface area contributed by atoms with Crippen molar-refractivity contribution in [1.29, 1.82) is 0 Å². The topological polar surface area (TPSA) is 104 Å². The number of rotatable bonds is 10. The molecule has 0 aliphatic carbocycles. The number of hydrogen-bond donors (Lipinski definition) is 1. The predicted octanol–water partition coefficient (Wildman–Crippen LogP) is 3.18. The minimum Gasteiger partial charge on any atom is -0.507 e. The van der Waals surface area contributed by atoms with Crippen molar-refractivity contribution in [3.8, 4) is 23.0 Å². The molecule has 1 heterocycles. The number of aliphatic hydroxyl groups excluding tert-OH is 1. The van der Waals surface area contributed by atoms with Gasteiger partial charge in [0.15, 0.2) is 11.5 Å². The third-order valence-electron chi connectivity index (χ3n) is 5.65. The van der Waals surface area contributed by atoms with Crippen LogP contribution in [0.5, 0.6) is 23.0 Å². The van der Waals surface area contributed by atoms with E-state index in [1.807, 2.05) is 0 Å². The number of aliphatic hydroxyl groups is 1. The smallest absolute Gasteiger partial charge is 0.295 e. The van der Waals surface area contributed by atoms with Crippen LogP contribution in [-0.2, 0) is 14.3 Å². The number of carbonyl (C=O) groups excluding carboxylic acids is 2. The second kappa shape index (κ2) is 10.9. The van der Waals surface area contributed by atoms with E-state index < -0.39 is 17.7 Å². The zero-order valence-corrected chi connectivity index (χ0v) is 19.9. The number of hydrogen-bond acceptors (Lipinski definition) is 8. The third kappa shape index (κ3) is 4.65. The average molecular weight is 472 g/mol. The van der Waals surface area contributed by atoms with Crippen LogP contribution in [0.3, 0.4) is 0 Å². The van der Waals surface area contributed by atoms with Crippen LogP contribution in [0.15, 0.2) is 42.0 Å². The maximum absolute atomic E-state index is 13.1. The molecule has 0 bridgehead atoms. The Labute approximate surface area is 198 Å². The number of ketones is 1. The van der Waals surface area contributed by atoms with Crippen LogP contribution < -0.4 is 18.9 Å². The summed E-state index contributed by atoms with van der Waals surface area (Å²) < 4.78 is 26.6. The summed E-state index contributed by atoms with van der Waals surface area (Å²) in [6.45, 7) is 0.655. The largest absolute Gasteiger partial charge is 0.507 e. The van der Waals surface area contributed by atoms with Gasteiger partial charge in [0.25, 0.3) is 11.7 Å². The predicted molar refractivity (Wildman–Crippen MR) is 125 cm³/mol. The first-order chi connectivity index (χ1) is 16.4.